The zero-order chi connectivity index (χ0) is 24.1. The molecular weight excluding hydrogens is 434 g/mol. The van der Waals surface area contributed by atoms with Crippen LogP contribution in [0.1, 0.15) is 44.1 Å². The highest BCUT2D eigenvalue weighted by Gasteiger charge is 2.25. The summed E-state index contributed by atoms with van der Waals surface area (Å²) in [6.07, 6.45) is 5.06. The van der Waals surface area contributed by atoms with E-state index in [-0.39, 0.29) is 0 Å². The maximum absolute atomic E-state index is 11.1. The number of carbonyl (C=O) groups is 1. The zero-order valence-corrected chi connectivity index (χ0v) is 19.8. The van der Waals surface area contributed by atoms with Crippen molar-refractivity contribution in [3.8, 4) is 0 Å². The quantitative estimate of drug-likeness (QED) is 0.168. The van der Waals surface area contributed by atoms with Crippen LogP contribution in [0.2, 0.25) is 0 Å². The normalized spacial score (nSPS) is 16.5. The van der Waals surface area contributed by atoms with E-state index in [9.17, 15) is 4.79 Å². The van der Waals surface area contributed by atoms with Crippen LogP contribution in [-0.4, -0.2) is 52.6 Å². The Balaban J connectivity index is 1.51. The molecule has 1 saturated heterocycles. The van der Waals surface area contributed by atoms with Gasteiger partial charge in [-0.15, -0.1) is 0 Å². The van der Waals surface area contributed by atoms with Gasteiger partial charge in [-0.1, -0.05) is 25.6 Å². The van der Waals surface area contributed by atoms with E-state index < -0.39 is 0 Å². The van der Waals surface area contributed by atoms with E-state index in [0.717, 1.165) is 36.5 Å². The molecule has 2 aromatic rings. The van der Waals surface area contributed by atoms with E-state index in [4.69, 9.17) is 15.3 Å². The first kappa shape index (κ1) is 23.6. The van der Waals surface area contributed by atoms with Crippen LogP contribution < -0.4 is 26.8 Å². The van der Waals surface area contributed by atoms with Crippen molar-refractivity contribution in [2.75, 3.05) is 41.7 Å². The van der Waals surface area contributed by atoms with Crippen molar-refractivity contribution >= 4 is 24.0 Å². The van der Waals surface area contributed by atoms with E-state index in [0.29, 0.717) is 67.8 Å². The molecule has 4 rings (SSSR count). The predicted molar refractivity (Wildman–Crippen MR) is 131 cm³/mol. The Morgan fingerprint density at radius 1 is 1.26 bits per heavy atom. The van der Waals surface area contributed by atoms with Crippen LogP contribution in [0.25, 0.3) is 0 Å². The van der Waals surface area contributed by atoms with Crippen molar-refractivity contribution in [1.29, 1.82) is 0 Å². The molecule has 0 radical (unpaired) electrons. The third-order valence-corrected chi connectivity index (χ3v) is 5.89. The maximum atomic E-state index is 11.1. The third-order valence-electron chi connectivity index (χ3n) is 5.89. The first-order chi connectivity index (χ1) is 16.4. The van der Waals surface area contributed by atoms with Crippen LogP contribution in [0.5, 0.6) is 0 Å². The summed E-state index contributed by atoms with van der Waals surface area (Å²) in [5, 5.41) is 10.6. The van der Waals surface area contributed by atoms with Gasteiger partial charge in [-0.25, -0.2) is 0 Å². The number of piperazine rings is 1. The number of anilines is 3. The molecule has 2 aliphatic rings. The van der Waals surface area contributed by atoms with Gasteiger partial charge in [-0.05, 0) is 24.8 Å². The number of amides is 1. The molecule has 0 spiro atoms. The Morgan fingerprint density at radius 2 is 2.03 bits per heavy atom. The fourth-order valence-electron chi connectivity index (χ4n) is 3.71. The van der Waals surface area contributed by atoms with Crippen LogP contribution in [0, 0.1) is 5.92 Å². The summed E-state index contributed by atoms with van der Waals surface area (Å²) < 4.78 is 5.42. The number of hydrazine groups is 1. The van der Waals surface area contributed by atoms with E-state index in [2.05, 4.69) is 51.5 Å². The standard InChI is InChI=1S/C23H33N9O2/c1-15(2)19-11-18(34-30-19)13-25-23-27-21(26-16(3)10-20(29-24)17-4-5-17)12-22(28-23)32-8-6-31(14-33)7-9-32/h10-12,14-15,17,29H,3-9,13,24H2,1-2H3,(H2,25,26,27,28)/b20-10-. The van der Waals surface area contributed by atoms with Crippen LogP contribution in [0.4, 0.5) is 17.6 Å². The minimum absolute atomic E-state index is 0.292. The summed E-state index contributed by atoms with van der Waals surface area (Å²) >= 11 is 0. The van der Waals surface area contributed by atoms with E-state index in [1.165, 1.54) is 0 Å². The largest absolute Gasteiger partial charge is 0.359 e. The number of carbonyl (C=O) groups excluding carboxylic acids is 1. The van der Waals surface area contributed by atoms with Crippen LogP contribution >= 0.6 is 0 Å². The number of nitrogens with one attached hydrogen (secondary N) is 3. The summed E-state index contributed by atoms with van der Waals surface area (Å²) in [5.41, 5.74) is 5.32. The van der Waals surface area contributed by atoms with Crippen molar-refractivity contribution in [3.63, 3.8) is 0 Å². The minimum atomic E-state index is 0.292. The van der Waals surface area contributed by atoms with Gasteiger partial charge in [0.25, 0.3) is 0 Å². The first-order valence-corrected chi connectivity index (χ1v) is 11.6. The number of rotatable bonds is 11. The lowest BCUT2D eigenvalue weighted by Crippen LogP contribution is -2.46. The fourth-order valence-corrected chi connectivity index (χ4v) is 3.71. The van der Waals surface area contributed by atoms with Gasteiger partial charge in [0.05, 0.1) is 12.2 Å². The molecule has 11 heteroatoms. The average molecular weight is 468 g/mol. The summed E-state index contributed by atoms with van der Waals surface area (Å²) in [6, 6.07) is 3.82. The van der Waals surface area contributed by atoms with Crippen molar-refractivity contribution in [2.45, 2.75) is 39.2 Å². The highest BCUT2D eigenvalue weighted by Crippen LogP contribution is 2.35. The van der Waals surface area contributed by atoms with Gasteiger partial charge < -0.3 is 30.4 Å². The van der Waals surface area contributed by atoms with Gasteiger partial charge >= 0.3 is 0 Å². The molecule has 2 aromatic heterocycles. The van der Waals surface area contributed by atoms with Crippen molar-refractivity contribution in [3.05, 3.63) is 47.6 Å². The van der Waals surface area contributed by atoms with Gasteiger partial charge in [-0.2, -0.15) is 9.97 Å². The number of hydrogen-bond acceptors (Lipinski definition) is 10. The smallest absolute Gasteiger partial charge is 0.227 e. The van der Waals surface area contributed by atoms with E-state index >= 15 is 0 Å². The SMILES string of the molecule is C=C(/C=C(\NN)C1CC1)Nc1cc(N2CCN(C=O)CC2)nc(NCc2cc(C(C)C)no2)n1. The topological polar surface area (TPSA) is 137 Å². The van der Waals surface area contributed by atoms with E-state index in [1.54, 1.807) is 4.90 Å². The third kappa shape index (κ3) is 6.04. The summed E-state index contributed by atoms with van der Waals surface area (Å²) in [5.74, 6) is 8.97. The Morgan fingerprint density at radius 3 is 2.65 bits per heavy atom. The van der Waals surface area contributed by atoms with Crippen molar-refractivity contribution in [2.24, 2.45) is 11.8 Å². The molecule has 1 saturated carbocycles. The molecule has 1 amide bonds. The van der Waals surface area contributed by atoms with Crippen molar-refractivity contribution < 1.29 is 9.32 Å². The van der Waals surface area contributed by atoms with Gasteiger partial charge in [0.15, 0.2) is 5.76 Å². The molecule has 1 aliphatic carbocycles. The number of allylic oxidation sites excluding steroid dienone is 2. The van der Waals surface area contributed by atoms with Gasteiger partial charge in [0.1, 0.15) is 11.6 Å². The maximum Gasteiger partial charge on any atom is 0.227 e. The second kappa shape index (κ2) is 10.6. The number of nitrogens with zero attached hydrogens (tertiary/aromatic N) is 5. The molecule has 11 nitrogen and oxygen atoms in total. The highest BCUT2D eigenvalue weighted by molar-refractivity contribution is 5.57. The van der Waals surface area contributed by atoms with Gasteiger partial charge in [0, 0.05) is 55.6 Å². The van der Waals surface area contributed by atoms with Crippen LogP contribution in [-0.2, 0) is 11.3 Å². The lowest BCUT2D eigenvalue weighted by molar-refractivity contribution is -0.118. The summed E-state index contributed by atoms with van der Waals surface area (Å²) in [6.45, 7) is 11.3. The monoisotopic (exact) mass is 467 g/mol. The lowest BCUT2D eigenvalue weighted by atomic mass is 10.1. The Labute approximate surface area is 199 Å². The molecule has 1 aliphatic heterocycles. The number of aromatic nitrogens is 3. The Bertz CT molecular complexity index is 1040. The lowest BCUT2D eigenvalue weighted by Gasteiger charge is -2.33. The average Bonchev–Trinajstić information content (AvgIpc) is 3.57. The zero-order valence-electron chi connectivity index (χ0n) is 19.8. The molecule has 0 bridgehead atoms. The molecule has 0 atom stereocenters. The summed E-state index contributed by atoms with van der Waals surface area (Å²) in [7, 11) is 0. The van der Waals surface area contributed by atoms with Gasteiger partial charge in [-0.3, -0.25) is 10.6 Å². The number of nitrogens with two attached hydrogens (primary N) is 1. The molecular formula is C23H33N9O2. The molecule has 182 valence electrons. The number of hydrogen-bond donors (Lipinski definition) is 4. The van der Waals surface area contributed by atoms with Crippen LogP contribution in [0.3, 0.4) is 0 Å². The second-order valence-electron chi connectivity index (χ2n) is 8.96. The van der Waals surface area contributed by atoms with Crippen molar-refractivity contribution in [1.82, 2.24) is 25.5 Å². The molecule has 5 N–H and O–H groups in total. The Hall–Kier alpha value is -3.60. The summed E-state index contributed by atoms with van der Waals surface area (Å²) in [4.78, 5) is 24.3. The molecule has 0 aromatic carbocycles. The molecule has 34 heavy (non-hydrogen) atoms. The Kier molecular flexibility index (Phi) is 7.31. The molecule has 0 unspecified atom stereocenters. The van der Waals surface area contributed by atoms with Crippen LogP contribution in [0.15, 0.2) is 40.7 Å². The molecule has 2 fully saturated rings. The highest BCUT2D eigenvalue weighted by atomic mass is 16.5. The van der Waals surface area contributed by atoms with E-state index in [1.807, 2.05) is 18.2 Å². The van der Waals surface area contributed by atoms with Gasteiger partial charge in [0.2, 0.25) is 12.4 Å². The predicted octanol–water partition coefficient (Wildman–Crippen LogP) is 2.16. The minimum Gasteiger partial charge on any atom is -0.359 e. The molecule has 3 heterocycles. The fraction of sp³-hybridized carbons (Fsp3) is 0.478. The second-order valence-corrected chi connectivity index (χ2v) is 8.96. The first-order valence-electron chi connectivity index (χ1n) is 11.6.